The highest BCUT2D eigenvalue weighted by atomic mass is 28.4. The molecular formula is C21H36F2O3Si. The fourth-order valence-corrected chi connectivity index (χ4v) is 4.98. The van der Waals surface area contributed by atoms with Gasteiger partial charge >= 0.3 is 5.97 Å². The van der Waals surface area contributed by atoms with E-state index < -0.39 is 38.7 Å². The number of ether oxygens (including phenoxy) is 1. The smallest absolute Gasteiger partial charge is 0.341 e. The molecule has 3 nitrogen and oxygen atoms in total. The van der Waals surface area contributed by atoms with E-state index in [0.717, 1.165) is 19.3 Å². The van der Waals surface area contributed by atoms with Gasteiger partial charge in [-0.3, -0.25) is 0 Å². The molecule has 0 N–H and O–H groups in total. The van der Waals surface area contributed by atoms with Gasteiger partial charge in [-0.2, -0.15) is 0 Å². The van der Waals surface area contributed by atoms with Crippen LogP contribution >= 0.6 is 0 Å². The first-order valence-corrected chi connectivity index (χ1v) is 13.2. The molecule has 0 radical (unpaired) electrons. The van der Waals surface area contributed by atoms with E-state index in [0.29, 0.717) is 12.8 Å². The van der Waals surface area contributed by atoms with Crippen LogP contribution in [0.5, 0.6) is 0 Å². The van der Waals surface area contributed by atoms with Gasteiger partial charge in [-0.25, -0.2) is 13.6 Å². The number of halogens is 2. The number of hydrogen-bond donors (Lipinski definition) is 0. The third-order valence-electron chi connectivity index (χ3n) is 6.51. The van der Waals surface area contributed by atoms with E-state index in [1.54, 1.807) is 6.08 Å². The monoisotopic (exact) mass is 402 g/mol. The van der Waals surface area contributed by atoms with Gasteiger partial charge in [0, 0.05) is 5.92 Å². The standard InChI is InChI=1S/C21H36F2O3Si/c1-7-8-9-15(22)16(26-27(5,6)21(2,3)4)12-10-14-11-13-17-18(14)19(23)20(24)25-17/h10,12,14-19H,7-9,11,13H2,1-6H3/b12-10+/t14-,15?,16?,17-,18+,19+/m0/s1. The number of alkyl halides is 2. The molecule has 2 rings (SSSR count). The van der Waals surface area contributed by atoms with Gasteiger partial charge in [0.25, 0.3) is 0 Å². The van der Waals surface area contributed by atoms with Crippen LogP contribution in [0, 0.1) is 11.8 Å². The third-order valence-corrected chi connectivity index (χ3v) is 11.0. The summed E-state index contributed by atoms with van der Waals surface area (Å²) in [5, 5.41) is -0.0161. The lowest BCUT2D eigenvalue weighted by molar-refractivity contribution is -0.145. The Morgan fingerprint density at radius 3 is 2.59 bits per heavy atom. The van der Waals surface area contributed by atoms with Crippen LogP contribution in [0.15, 0.2) is 12.2 Å². The fraction of sp³-hybridized carbons (Fsp3) is 0.857. The third kappa shape index (κ3) is 5.20. The van der Waals surface area contributed by atoms with Crippen molar-refractivity contribution >= 4 is 14.3 Å². The summed E-state index contributed by atoms with van der Waals surface area (Å²) < 4.78 is 40.6. The molecular weight excluding hydrogens is 366 g/mol. The van der Waals surface area contributed by atoms with E-state index in [9.17, 15) is 13.6 Å². The Morgan fingerprint density at radius 2 is 2.00 bits per heavy atom. The lowest BCUT2D eigenvalue weighted by Gasteiger charge is -2.39. The number of fused-ring (bicyclic) bond motifs is 1. The second kappa shape index (κ2) is 8.72. The van der Waals surface area contributed by atoms with Crippen molar-refractivity contribution in [2.24, 2.45) is 11.8 Å². The zero-order valence-electron chi connectivity index (χ0n) is 17.6. The Labute approximate surface area is 164 Å². The van der Waals surface area contributed by atoms with Crippen molar-refractivity contribution in [3.63, 3.8) is 0 Å². The molecule has 0 aromatic rings. The van der Waals surface area contributed by atoms with Crippen molar-refractivity contribution in [1.82, 2.24) is 0 Å². The minimum atomic E-state index is -2.14. The lowest BCUT2D eigenvalue weighted by atomic mass is 9.91. The Bertz CT molecular complexity index is 544. The number of carbonyl (C=O) groups excluding carboxylic acids is 1. The van der Waals surface area contributed by atoms with E-state index in [1.807, 2.05) is 13.0 Å². The molecule has 0 bridgehead atoms. The highest BCUT2D eigenvalue weighted by molar-refractivity contribution is 6.74. The SMILES string of the molecule is CCCCC(F)C(/C=C/[C@H]1CC[C@@H]2OC(=O)[C@H](F)[C@@H]21)O[Si](C)(C)C(C)(C)C. The molecule has 6 atom stereocenters. The van der Waals surface area contributed by atoms with Crippen LogP contribution in [0.25, 0.3) is 0 Å². The number of carbonyl (C=O) groups is 1. The Hall–Kier alpha value is -0.753. The Balaban J connectivity index is 2.13. The summed E-state index contributed by atoms with van der Waals surface area (Å²) in [6, 6.07) is 0. The summed E-state index contributed by atoms with van der Waals surface area (Å²) in [6.07, 6.45) is 3.75. The average molecular weight is 403 g/mol. The number of allylic oxidation sites excluding steroid dienone is 1. The van der Waals surface area contributed by atoms with E-state index in [2.05, 4.69) is 33.9 Å². The van der Waals surface area contributed by atoms with Crippen molar-refractivity contribution in [1.29, 1.82) is 0 Å². The van der Waals surface area contributed by atoms with Crippen LogP contribution in [-0.2, 0) is 14.0 Å². The molecule has 1 heterocycles. The maximum atomic E-state index is 14.9. The predicted molar refractivity (Wildman–Crippen MR) is 107 cm³/mol. The topological polar surface area (TPSA) is 35.5 Å². The minimum absolute atomic E-state index is 0.0161. The van der Waals surface area contributed by atoms with E-state index in [4.69, 9.17) is 9.16 Å². The van der Waals surface area contributed by atoms with Gasteiger partial charge in [-0.15, -0.1) is 0 Å². The molecule has 1 saturated heterocycles. The largest absolute Gasteiger partial charge is 0.460 e. The number of hydrogen-bond acceptors (Lipinski definition) is 3. The summed E-state index contributed by atoms with van der Waals surface area (Å²) in [7, 11) is -2.14. The van der Waals surface area contributed by atoms with Crippen molar-refractivity contribution in [2.45, 2.75) is 102 Å². The molecule has 1 aliphatic carbocycles. The number of rotatable bonds is 8. The van der Waals surface area contributed by atoms with Gasteiger partial charge in [-0.05, 0) is 43.3 Å². The van der Waals surface area contributed by atoms with E-state index in [1.165, 1.54) is 0 Å². The summed E-state index contributed by atoms with van der Waals surface area (Å²) in [6.45, 7) is 12.7. The first kappa shape index (κ1) is 22.5. The van der Waals surface area contributed by atoms with Crippen LogP contribution in [0.4, 0.5) is 8.78 Å². The van der Waals surface area contributed by atoms with Crippen LogP contribution in [0.2, 0.25) is 18.1 Å². The minimum Gasteiger partial charge on any atom is -0.460 e. The molecule has 2 unspecified atom stereocenters. The summed E-state index contributed by atoms with van der Waals surface area (Å²) in [4.78, 5) is 11.5. The van der Waals surface area contributed by atoms with E-state index in [-0.39, 0.29) is 17.1 Å². The molecule has 0 amide bonds. The first-order chi connectivity index (χ1) is 12.5. The van der Waals surface area contributed by atoms with Crippen LogP contribution < -0.4 is 0 Å². The molecule has 6 heteroatoms. The normalized spacial score (nSPS) is 31.2. The van der Waals surface area contributed by atoms with Gasteiger partial charge in [0.05, 0.1) is 6.10 Å². The van der Waals surface area contributed by atoms with Gasteiger partial charge in [0.1, 0.15) is 12.3 Å². The highest BCUT2D eigenvalue weighted by Crippen LogP contribution is 2.44. The first-order valence-electron chi connectivity index (χ1n) is 10.3. The molecule has 1 saturated carbocycles. The average Bonchev–Trinajstić information content (AvgIpc) is 3.08. The second-order valence-electron chi connectivity index (χ2n) is 9.58. The number of unbranched alkanes of at least 4 members (excludes halogenated alkanes) is 1. The second-order valence-corrected chi connectivity index (χ2v) is 14.3. The maximum Gasteiger partial charge on any atom is 0.341 e. The quantitative estimate of drug-likeness (QED) is 0.294. The van der Waals surface area contributed by atoms with E-state index >= 15 is 0 Å². The Kier molecular flexibility index (Phi) is 7.28. The molecule has 2 aliphatic rings. The molecule has 0 aromatic heterocycles. The number of esters is 1. The van der Waals surface area contributed by atoms with Gasteiger partial charge in [0.15, 0.2) is 8.32 Å². The fourth-order valence-electron chi connectivity index (χ4n) is 3.72. The van der Waals surface area contributed by atoms with Crippen molar-refractivity contribution in [2.75, 3.05) is 0 Å². The summed E-state index contributed by atoms with van der Waals surface area (Å²) in [5.41, 5.74) is 0. The van der Waals surface area contributed by atoms with Crippen LogP contribution in [-0.4, -0.2) is 38.8 Å². The molecule has 27 heavy (non-hydrogen) atoms. The summed E-state index contributed by atoms with van der Waals surface area (Å²) in [5.74, 6) is -1.28. The van der Waals surface area contributed by atoms with Gasteiger partial charge < -0.3 is 9.16 Å². The lowest BCUT2D eigenvalue weighted by Crippen LogP contribution is -2.45. The molecule has 2 fully saturated rings. The van der Waals surface area contributed by atoms with Crippen molar-refractivity contribution in [3.05, 3.63) is 12.2 Å². The zero-order chi connectivity index (χ0) is 20.4. The van der Waals surface area contributed by atoms with Crippen molar-refractivity contribution in [3.8, 4) is 0 Å². The maximum absolute atomic E-state index is 14.9. The van der Waals surface area contributed by atoms with Crippen LogP contribution in [0.3, 0.4) is 0 Å². The predicted octanol–water partition coefficient (Wildman–Crippen LogP) is 5.75. The van der Waals surface area contributed by atoms with Crippen LogP contribution in [0.1, 0.15) is 59.8 Å². The Morgan fingerprint density at radius 1 is 1.33 bits per heavy atom. The zero-order valence-corrected chi connectivity index (χ0v) is 18.6. The summed E-state index contributed by atoms with van der Waals surface area (Å²) >= 11 is 0. The van der Waals surface area contributed by atoms with Gasteiger partial charge in [-0.1, -0.05) is 52.7 Å². The molecule has 1 aliphatic heterocycles. The molecule has 156 valence electrons. The molecule has 0 aromatic carbocycles. The van der Waals surface area contributed by atoms with Gasteiger partial charge in [0.2, 0.25) is 6.17 Å². The highest BCUT2D eigenvalue weighted by Gasteiger charge is 2.52. The molecule has 0 spiro atoms. The van der Waals surface area contributed by atoms with Crippen molar-refractivity contribution < 1.29 is 22.7 Å².